The number of methoxy groups -OCH3 is 2. The predicted molar refractivity (Wildman–Crippen MR) is 173 cm³/mol. The third kappa shape index (κ3) is 8.11. The first kappa shape index (κ1) is 30.1. The highest BCUT2D eigenvalue weighted by atomic mass is 16.5. The van der Waals surface area contributed by atoms with Gasteiger partial charge < -0.3 is 9.47 Å². The Bertz CT molecular complexity index is 1190. The van der Waals surface area contributed by atoms with Gasteiger partial charge in [-0.25, -0.2) is 0 Å². The number of aryl methyl sites for hydroxylation is 3. The minimum atomic E-state index is 0.654. The Morgan fingerprint density at radius 3 is 2.15 bits per heavy atom. The van der Waals surface area contributed by atoms with Gasteiger partial charge in [0.2, 0.25) is 0 Å². The average molecular weight is 553 g/mol. The van der Waals surface area contributed by atoms with Crippen LogP contribution in [-0.2, 0) is 35.2 Å². The Morgan fingerprint density at radius 2 is 1.44 bits per heavy atom. The van der Waals surface area contributed by atoms with E-state index in [1.165, 1.54) is 98.4 Å². The Morgan fingerprint density at radius 1 is 0.732 bits per heavy atom. The van der Waals surface area contributed by atoms with Crippen molar-refractivity contribution in [3.63, 3.8) is 0 Å². The quantitative estimate of drug-likeness (QED) is 0.210. The molecule has 3 aromatic carbocycles. The standard InChI is InChI=1S/C39H52O2/c1-4-5-29-8-14-32(15-9-29)35-20-22-38-27-36(21-23-37(38)26-35)33-16-10-30(11-17-33)6-7-31-12-18-34(19-13-31)39(28-41-3)24-25-40-2/h8-11,14-17,21,23,27,31,34-35,39H,4-7,12-13,18-20,22,24-26,28H2,1-3H3. The monoisotopic (exact) mass is 552 g/mol. The molecular weight excluding hydrogens is 500 g/mol. The summed E-state index contributed by atoms with van der Waals surface area (Å²) in [5.74, 6) is 2.98. The molecule has 0 spiro atoms. The van der Waals surface area contributed by atoms with E-state index in [0.29, 0.717) is 11.8 Å². The van der Waals surface area contributed by atoms with Crippen LogP contribution in [0.5, 0.6) is 0 Å². The second-order valence-corrected chi connectivity index (χ2v) is 12.9. The van der Waals surface area contributed by atoms with Crippen LogP contribution < -0.4 is 0 Å². The number of hydrogen-bond donors (Lipinski definition) is 0. The summed E-state index contributed by atoms with van der Waals surface area (Å²) < 4.78 is 10.9. The summed E-state index contributed by atoms with van der Waals surface area (Å²) in [5, 5.41) is 0. The zero-order valence-electron chi connectivity index (χ0n) is 25.9. The summed E-state index contributed by atoms with van der Waals surface area (Å²) >= 11 is 0. The zero-order chi connectivity index (χ0) is 28.4. The fraction of sp³-hybridized carbons (Fsp3) is 0.538. The van der Waals surface area contributed by atoms with Crippen molar-refractivity contribution in [1.82, 2.24) is 0 Å². The molecule has 2 aliphatic rings. The van der Waals surface area contributed by atoms with E-state index in [4.69, 9.17) is 9.47 Å². The van der Waals surface area contributed by atoms with Gasteiger partial charge in [-0.05, 0) is 120 Å². The molecule has 5 rings (SSSR count). The lowest BCUT2D eigenvalue weighted by Crippen LogP contribution is -2.26. The Balaban J connectivity index is 1.11. The van der Waals surface area contributed by atoms with E-state index in [1.54, 1.807) is 11.1 Å². The third-order valence-electron chi connectivity index (χ3n) is 10.2. The highest BCUT2D eigenvalue weighted by Crippen LogP contribution is 2.38. The summed E-state index contributed by atoms with van der Waals surface area (Å²) in [7, 11) is 3.65. The lowest BCUT2D eigenvalue weighted by molar-refractivity contribution is 0.0684. The largest absolute Gasteiger partial charge is 0.385 e. The molecule has 3 aromatic rings. The van der Waals surface area contributed by atoms with Crippen LogP contribution in [0, 0.1) is 17.8 Å². The Hall–Kier alpha value is -2.42. The molecule has 220 valence electrons. The molecule has 0 aliphatic heterocycles. The fourth-order valence-electron chi connectivity index (χ4n) is 7.59. The first-order valence-electron chi connectivity index (χ1n) is 16.4. The maximum atomic E-state index is 5.53. The molecule has 2 heteroatoms. The lowest BCUT2D eigenvalue weighted by atomic mass is 9.73. The molecule has 41 heavy (non-hydrogen) atoms. The van der Waals surface area contributed by atoms with Gasteiger partial charge in [0.25, 0.3) is 0 Å². The predicted octanol–water partition coefficient (Wildman–Crippen LogP) is 9.62. The van der Waals surface area contributed by atoms with Crippen molar-refractivity contribution < 1.29 is 9.47 Å². The molecule has 0 aromatic heterocycles. The molecule has 1 fully saturated rings. The first-order valence-corrected chi connectivity index (χ1v) is 16.4. The van der Waals surface area contributed by atoms with Crippen molar-refractivity contribution in [2.45, 2.75) is 89.9 Å². The van der Waals surface area contributed by atoms with Crippen molar-refractivity contribution in [2.24, 2.45) is 17.8 Å². The topological polar surface area (TPSA) is 18.5 Å². The Labute approximate surface area is 249 Å². The molecule has 2 aliphatic carbocycles. The van der Waals surface area contributed by atoms with Crippen LogP contribution in [-0.4, -0.2) is 27.4 Å². The second kappa shape index (κ2) is 15.2. The maximum Gasteiger partial charge on any atom is 0.0493 e. The molecule has 0 saturated heterocycles. The van der Waals surface area contributed by atoms with Gasteiger partial charge in [0.1, 0.15) is 0 Å². The van der Waals surface area contributed by atoms with E-state index in [9.17, 15) is 0 Å². The number of hydrogen-bond acceptors (Lipinski definition) is 2. The zero-order valence-corrected chi connectivity index (χ0v) is 25.9. The van der Waals surface area contributed by atoms with Crippen LogP contribution >= 0.6 is 0 Å². The van der Waals surface area contributed by atoms with Gasteiger partial charge >= 0.3 is 0 Å². The molecule has 0 radical (unpaired) electrons. The number of benzene rings is 3. The van der Waals surface area contributed by atoms with E-state index in [-0.39, 0.29) is 0 Å². The van der Waals surface area contributed by atoms with Crippen molar-refractivity contribution in [3.05, 3.63) is 94.5 Å². The fourth-order valence-corrected chi connectivity index (χ4v) is 7.59. The van der Waals surface area contributed by atoms with Gasteiger partial charge in [0, 0.05) is 27.4 Å². The molecule has 0 amide bonds. The SMILES string of the molecule is CCCc1ccc(C2CCc3cc(-c4ccc(CCC5CCC(C(CCOC)COC)CC5)cc4)ccc3C2)cc1. The van der Waals surface area contributed by atoms with Crippen molar-refractivity contribution in [1.29, 1.82) is 0 Å². The minimum Gasteiger partial charge on any atom is -0.385 e. The first-order chi connectivity index (χ1) is 20.2. The number of fused-ring (bicyclic) bond motifs is 1. The Kier molecular flexibility index (Phi) is 11.1. The summed E-state index contributed by atoms with van der Waals surface area (Å²) in [5.41, 5.74) is 10.3. The highest BCUT2D eigenvalue weighted by Gasteiger charge is 2.27. The van der Waals surface area contributed by atoms with Gasteiger partial charge in [-0.2, -0.15) is 0 Å². The second-order valence-electron chi connectivity index (χ2n) is 12.9. The maximum absolute atomic E-state index is 5.53. The van der Waals surface area contributed by atoms with Gasteiger partial charge in [0.05, 0.1) is 0 Å². The van der Waals surface area contributed by atoms with E-state index < -0.39 is 0 Å². The van der Waals surface area contributed by atoms with Crippen LogP contribution in [0.2, 0.25) is 0 Å². The molecule has 0 N–H and O–H groups in total. The third-order valence-corrected chi connectivity index (χ3v) is 10.2. The van der Waals surface area contributed by atoms with Crippen molar-refractivity contribution in [3.8, 4) is 11.1 Å². The van der Waals surface area contributed by atoms with Crippen LogP contribution in [0.4, 0.5) is 0 Å². The molecular formula is C39H52O2. The van der Waals surface area contributed by atoms with Gasteiger partial charge in [-0.1, -0.05) is 92.9 Å². The summed E-state index contributed by atoms with van der Waals surface area (Å²) in [6.45, 7) is 3.99. The lowest BCUT2D eigenvalue weighted by Gasteiger charge is -2.33. The molecule has 2 nitrogen and oxygen atoms in total. The number of ether oxygens (including phenoxy) is 2. The van der Waals surface area contributed by atoms with Crippen LogP contribution in [0.1, 0.15) is 92.0 Å². The van der Waals surface area contributed by atoms with Gasteiger partial charge in [0.15, 0.2) is 0 Å². The van der Waals surface area contributed by atoms with Crippen molar-refractivity contribution in [2.75, 3.05) is 27.4 Å². The minimum absolute atomic E-state index is 0.654. The van der Waals surface area contributed by atoms with E-state index in [0.717, 1.165) is 31.5 Å². The summed E-state index contributed by atoms with van der Waals surface area (Å²) in [6, 6.07) is 26.1. The molecule has 2 atom stereocenters. The van der Waals surface area contributed by atoms with Crippen LogP contribution in [0.3, 0.4) is 0 Å². The molecule has 0 bridgehead atoms. The van der Waals surface area contributed by atoms with E-state index in [2.05, 4.69) is 73.7 Å². The summed E-state index contributed by atoms with van der Waals surface area (Å²) in [6.07, 6.45) is 15.1. The van der Waals surface area contributed by atoms with E-state index in [1.807, 2.05) is 14.2 Å². The smallest absolute Gasteiger partial charge is 0.0493 e. The van der Waals surface area contributed by atoms with E-state index >= 15 is 0 Å². The van der Waals surface area contributed by atoms with Crippen molar-refractivity contribution >= 4 is 0 Å². The van der Waals surface area contributed by atoms with Crippen LogP contribution in [0.25, 0.3) is 11.1 Å². The molecule has 1 saturated carbocycles. The molecule has 0 heterocycles. The summed E-state index contributed by atoms with van der Waals surface area (Å²) in [4.78, 5) is 0. The van der Waals surface area contributed by atoms with Gasteiger partial charge in [-0.3, -0.25) is 0 Å². The molecule has 2 unspecified atom stereocenters. The van der Waals surface area contributed by atoms with Crippen LogP contribution in [0.15, 0.2) is 66.7 Å². The number of rotatable bonds is 13. The van der Waals surface area contributed by atoms with Gasteiger partial charge in [-0.15, -0.1) is 0 Å². The normalized spacial score (nSPS) is 21.4. The average Bonchev–Trinajstić information content (AvgIpc) is 3.02. The highest BCUT2D eigenvalue weighted by molar-refractivity contribution is 5.65.